The number of thioether (sulfide) groups is 1. The Bertz CT molecular complexity index is 217. The van der Waals surface area contributed by atoms with E-state index < -0.39 is 0 Å². The molecule has 0 aromatic rings. The highest BCUT2D eigenvalue weighted by atomic mass is 32.2. The lowest BCUT2D eigenvalue weighted by Crippen LogP contribution is -2.48. The predicted octanol–water partition coefficient (Wildman–Crippen LogP) is 1.11. The van der Waals surface area contributed by atoms with Crippen LogP contribution >= 0.6 is 11.8 Å². The topological polar surface area (TPSA) is 18.5 Å². The maximum Gasteiger partial charge on any atom is 0.0281 e. The molecule has 2 rings (SSSR count). The molecule has 4 heteroatoms. The van der Waals surface area contributed by atoms with Gasteiger partial charge in [0.1, 0.15) is 0 Å². The Hall–Kier alpha value is 0.230. The average Bonchev–Trinajstić information content (AvgIpc) is 2.30. The van der Waals surface area contributed by atoms with E-state index in [1.807, 2.05) is 0 Å². The molecule has 100 valence electrons. The number of rotatable bonds is 6. The maximum absolute atomic E-state index is 3.66. The van der Waals surface area contributed by atoms with E-state index in [4.69, 9.17) is 0 Å². The normalized spacial score (nSPS) is 25.8. The fourth-order valence-electron chi connectivity index (χ4n) is 2.65. The Morgan fingerprint density at radius 2 is 1.88 bits per heavy atom. The molecule has 0 radical (unpaired) electrons. The van der Waals surface area contributed by atoms with Crippen LogP contribution in [0.4, 0.5) is 0 Å². The van der Waals surface area contributed by atoms with Crippen molar-refractivity contribution in [2.24, 2.45) is 0 Å². The highest BCUT2D eigenvalue weighted by molar-refractivity contribution is 8.00. The molecule has 0 amide bonds. The minimum absolute atomic E-state index is 0.585. The van der Waals surface area contributed by atoms with Gasteiger partial charge in [-0.15, -0.1) is 0 Å². The Labute approximate surface area is 110 Å². The second-order valence-electron chi connectivity index (χ2n) is 5.56. The molecule has 2 fully saturated rings. The van der Waals surface area contributed by atoms with Crippen LogP contribution in [0.2, 0.25) is 0 Å². The zero-order valence-corrected chi connectivity index (χ0v) is 12.2. The first-order valence-corrected chi connectivity index (χ1v) is 8.13. The SMILES string of the molecule is CSC1(CNCCN2CCN(C)CC2)CCC1. The van der Waals surface area contributed by atoms with Crippen LogP contribution < -0.4 is 5.32 Å². The van der Waals surface area contributed by atoms with Crippen molar-refractivity contribution in [3.63, 3.8) is 0 Å². The molecule has 1 N–H and O–H groups in total. The van der Waals surface area contributed by atoms with Gasteiger partial charge in [-0.05, 0) is 26.1 Å². The summed E-state index contributed by atoms with van der Waals surface area (Å²) in [5.41, 5.74) is 0. The van der Waals surface area contributed by atoms with Gasteiger partial charge >= 0.3 is 0 Å². The third kappa shape index (κ3) is 3.85. The van der Waals surface area contributed by atoms with E-state index in [9.17, 15) is 0 Å². The first-order valence-electron chi connectivity index (χ1n) is 6.91. The zero-order valence-electron chi connectivity index (χ0n) is 11.4. The van der Waals surface area contributed by atoms with Gasteiger partial charge in [0.15, 0.2) is 0 Å². The van der Waals surface area contributed by atoms with Crippen molar-refractivity contribution in [3.05, 3.63) is 0 Å². The molecule has 1 saturated carbocycles. The molecule has 0 atom stereocenters. The van der Waals surface area contributed by atoms with Crippen molar-refractivity contribution in [1.82, 2.24) is 15.1 Å². The lowest BCUT2D eigenvalue weighted by atomic mass is 9.84. The smallest absolute Gasteiger partial charge is 0.0281 e. The monoisotopic (exact) mass is 257 g/mol. The molecule has 17 heavy (non-hydrogen) atoms. The molecule has 0 bridgehead atoms. The molecular weight excluding hydrogens is 230 g/mol. The van der Waals surface area contributed by atoms with E-state index in [0.717, 1.165) is 6.54 Å². The van der Waals surface area contributed by atoms with E-state index in [0.29, 0.717) is 4.75 Å². The standard InChI is InChI=1S/C13H27N3S/c1-15-8-10-16(11-9-15)7-6-14-12-13(17-2)4-3-5-13/h14H,3-12H2,1-2H3. The van der Waals surface area contributed by atoms with E-state index in [1.54, 1.807) is 0 Å². The third-order valence-electron chi connectivity index (χ3n) is 4.35. The molecule has 2 aliphatic rings. The average molecular weight is 257 g/mol. The minimum Gasteiger partial charge on any atom is -0.314 e. The predicted molar refractivity (Wildman–Crippen MR) is 76.9 cm³/mol. The Morgan fingerprint density at radius 3 is 2.41 bits per heavy atom. The summed E-state index contributed by atoms with van der Waals surface area (Å²) in [6, 6.07) is 0. The molecule has 1 heterocycles. The van der Waals surface area contributed by atoms with Crippen molar-refractivity contribution in [1.29, 1.82) is 0 Å². The molecule has 3 nitrogen and oxygen atoms in total. The first-order chi connectivity index (χ1) is 8.24. The van der Waals surface area contributed by atoms with Gasteiger partial charge in [-0.2, -0.15) is 11.8 Å². The quantitative estimate of drug-likeness (QED) is 0.718. The van der Waals surface area contributed by atoms with E-state index >= 15 is 0 Å². The molecule has 0 unspecified atom stereocenters. The van der Waals surface area contributed by atoms with Gasteiger partial charge in [-0.1, -0.05) is 6.42 Å². The van der Waals surface area contributed by atoms with Gasteiger partial charge in [0.05, 0.1) is 0 Å². The van der Waals surface area contributed by atoms with Gasteiger partial charge in [0, 0.05) is 50.6 Å². The van der Waals surface area contributed by atoms with Gasteiger partial charge in [0.2, 0.25) is 0 Å². The number of hydrogen-bond acceptors (Lipinski definition) is 4. The molecule has 1 aliphatic heterocycles. The summed E-state index contributed by atoms with van der Waals surface area (Å²) < 4.78 is 0.585. The molecule has 0 aromatic carbocycles. The fourth-order valence-corrected chi connectivity index (χ4v) is 3.59. The summed E-state index contributed by atoms with van der Waals surface area (Å²) in [6.45, 7) is 8.54. The number of likely N-dealkylation sites (N-methyl/N-ethyl adjacent to an activating group) is 1. The van der Waals surface area contributed by atoms with E-state index in [2.05, 4.69) is 40.2 Å². The molecule has 1 saturated heterocycles. The third-order valence-corrected chi connectivity index (χ3v) is 5.76. The van der Waals surface area contributed by atoms with Crippen molar-refractivity contribution in [2.75, 3.05) is 59.1 Å². The van der Waals surface area contributed by atoms with E-state index in [1.165, 1.54) is 58.5 Å². The number of piperazine rings is 1. The van der Waals surface area contributed by atoms with Gasteiger partial charge in [-0.25, -0.2) is 0 Å². The van der Waals surface area contributed by atoms with Crippen LogP contribution in [-0.2, 0) is 0 Å². The summed E-state index contributed by atoms with van der Waals surface area (Å²) >= 11 is 2.06. The number of nitrogens with zero attached hydrogens (tertiary/aromatic N) is 2. The Kier molecular flexibility index (Phi) is 5.15. The van der Waals surface area contributed by atoms with Crippen molar-refractivity contribution in [2.45, 2.75) is 24.0 Å². The Balaban J connectivity index is 1.54. The summed E-state index contributed by atoms with van der Waals surface area (Å²) in [5, 5.41) is 3.66. The summed E-state index contributed by atoms with van der Waals surface area (Å²) in [5.74, 6) is 0. The molecule has 0 spiro atoms. The first kappa shape index (κ1) is 13.7. The van der Waals surface area contributed by atoms with Crippen molar-refractivity contribution in [3.8, 4) is 0 Å². The highest BCUT2D eigenvalue weighted by Gasteiger charge is 2.35. The van der Waals surface area contributed by atoms with Crippen LogP contribution in [0.3, 0.4) is 0 Å². The zero-order chi connectivity index (χ0) is 12.1. The van der Waals surface area contributed by atoms with Gasteiger partial charge < -0.3 is 10.2 Å². The van der Waals surface area contributed by atoms with Crippen LogP contribution in [0, 0.1) is 0 Å². The van der Waals surface area contributed by atoms with Crippen molar-refractivity contribution < 1.29 is 0 Å². The van der Waals surface area contributed by atoms with Crippen LogP contribution in [0.15, 0.2) is 0 Å². The number of nitrogens with one attached hydrogen (secondary N) is 1. The van der Waals surface area contributed by atoms with Gasteiger partial charge in [-0.3, -0.25) is 4.90 Å². The second kappa shape index (κ2) is 6.41. The number of hydrogen-bond donors (Lipinski definition) is 1. The summed E-state index contributed by atoms with van der Waals surface area (Å²) in [7, 11) is 2.22. The lowest BCUT2D eigenvalue weighted by Gasteiger charge is -2.41. The van der Waals surface area contributed by atoms with E-state index in [-0.39, 0.29) is 0 Å². The van der Waals surface area contributed by atoms with Crippen LogP contribution in [0.1, 0.15) is 19.3 Å². The second-order valence-corrected chi connectivity index (χ2v) is 6.84. The largest absolute Gasteiger partial charge is 0.314 e. The molecule has 1 aliphatic carbocycles. The molecule has 0 aromatic heterocycles. The van der Waals surface area contributed by atoms with Crippen molar-refractivity contribution >= 4 is 11.8 Å². The maximum atomic E-state index is 3.66. The summed E-state index contributed by atoms with van der Waals surface area (Å²) in [6.07, 6.45) is 6.52. The van der Waals surface area contributed by atoms with Crippen LogP contribution in [0.25, 0.3) is 0 Å². The van der Waals surface area contributed by atoms with Crippen LogP contribution in [-0.4, -0.2) is 73.7 Å². The Morgan fingerprint density at radius 1 is 1.18 bits per heavy atom. The minimum atomic E-state index is 0.585. The molecular formula is C13H27N3S. The highest BCUT2D eigenvalue weighted by Crippen LogP contribution is 2.41. The fraction of sp³-hybridized carbons (Fsp3) is 1.00. The van der Waals surface area contributed by atoms with Crippen LogP contribution in [0.5, 0.6) is 0 Å². The summed E-state index contributed by atoms with van der Waals surface area (Å²) in [4.78, 5) is 5.00. The lowest BCUT2D eigenvalue weighted by molar-refractivity contribution is 0.154. The van der Waals surface area contributed by atoms with Gasteiger partial charge in [0.25, 0.3) is 0 Å².